The monoisotopic (exact) mass is 442 g/mol. The molecule has 2 atom stereocenters. The Bertz CT molecular complexity index is 953. The number of nitrogens with one attached hydrogen (secondary N) is 1. The van der Waals surface area contributed by atoms with E-state index >= 15 is 0 Å². The van der Waals surface area contributed by atoms with Crippen LogP contribution in [0.5, 0.6) is 0 Å². The molecule has 6 nitrogen and oxygen atoms in total. The van der Waals surface area contributed by atoms with Crippen LogP contribution in [0.1, 0.15) is 60.2 Å². The van der Waals surface area contributed by atoms with Crippen LogP contribution >= 0.6 is 0 Å². The number of rotatable bonds is 9. The maximum Gasteiger partial charge on any atom is 0.251 e. The van der Waals surface area contributed by atoms with Gasteiger partial charge in [-0.2, -0.15) is 0 Å². The zero-order valence-corrected chi connectivity index (χ0v) is 19.9. The fourth-order valence-electron chi connectivity index (χ4n) is 3.78. The molecule has 0 saturated heterocycles. The minimum absolute atomic E-state index is 0.0307. The van der Waals surface area contributed by atoms with E-state index in [9.17, 15) is 14.0 Å². The topological polar surface area (TPSA) is 88.3 Å². The minimum atomic E-state index is -0.789. The summed E-state index contributed by atoms with van der Waals surface area (Å²) in [7, 11) is 3.84. The average Bonchev–Trinajstić information content (AvgIpc) is 2.68. The molecule has 0 aliphatic carbocycles. The lowest BCUT2D eigenvalue weighted by Crippen LogP contribution is -2.42. The number of carbonyl (C=O) groups is 2. The average molecular weight is 443 g/mol. The van der Waals surface area contributed by atoms with Crippen LogP contribution in [0.2, 0.25) is 0 Å². The highest BCUT2D eigenvalue weighted by atomic mass is 19.1. The molecular weight excluding hydrogens is 407 g/mol. The molecule has 0 fully saturated rings. The second-order valence-corrected chi connectivity index (χ2v) is 9.72. The van der Waals surface area contributed by atoms with Gasteiger partial charge in [0.25, 0.3) is 5.91 Å². The second-order valence-electron chi connectivity index (χ2n) is 9.72. The van der Waals surface area contributed by atoms with Crippen molar-refractivity contribution in [3.63, 3.8) is 0 Å². The molecule has 0 spiro atoms. The number of aryl methyl sites for hydroxylation is 1. The molecule has 32 heavy (non-hydrogen) atoms. The summed E-state index contributed by atoms with van der Waals surface area (Å²) in [5, 5.41) is 3.05. The van der Waals surface area contributed by atoms with Crippen molar-refractivity contribution in [3.05, 3.63) is 64.7 Å². The van der Waals surface area contributed by atoms with Gasteiger partial charge in [0, 0.05) is 31.4 Å². The van der Waals surface area contributed by atoms with Crippen LogP contribution in [0.3, 0.4) is 0 Å². The van der Waals surface area contributed by atoms with Crippen molar-refractivity contribution in [2.45, 2.75) is 52.5 Å². The first-order valence-electron chi connectivity index (χ1n) is 10.8. The largest absolute Gasteiger partial charge is 0.366 e. The number of amides is 2. The normalized spacial score (nSPS) is 13.6. The third-order valence-electron chi connectivity index (χ3n) is 5.77. The standard InChI is InChI=1S/C25H35FN4O2/c1-16-9-18(14-28-13-16)21(25(2,3)4)12-23(31)29-15-19(30(5)6)10-17-7-8-20(24(27)32)22(26)11-17/h7-9,11,13-14,19,21H,10,12,15H2,1-6H3,(H2,27,32)(H,29,31)/t19-,21-/m0/s1. The summed E-state index contributed by atoms with van der Waals surface area (Å²) >= 11 is 0. The van der Waals surface area contributed by atoms with E-state index in [1.807, 2.05) is 38.3 Å². The molecule has 3 N–H and O–H groups in total. The highest BCUT2D eigenvalue weighted by Gasteiger charge is 2.29. The van der Waals surface area contributed by atoms with Gasteiger partial charge in [-0.05, 0) is 67.6 Å². The van der Waals surface area contributed by atoms with Crippen LogP contribution in [0.4, 0.5) is 4.39 Å². The minimum Gasteiger partial charge on any atom is -0.366 e. The zero-order chi connectivity index (χ0) is 24.1. The molecule has 1 aromatic carbocycles. The number of nitrogens with zero attached hydrogens (tertiary/aromatic N) is 2. The summed E-state index contributed by atoms with van der Waals surface area (Å²) in [4.78, 5) is 30.4. The Morgan fingerprint density at radius 2 is 1.88 bits per heavy atom. The van der Waals surface area contributed by atoms with Gasteiger partial charge >= 0.3 is 0 Å². The number of halogens is 1. The highest BCUT2D eigenvalue weighted by Crippen LogP contribution is 2.37. The lowest BCUT2D eigenvalue weighted by molar-refractivity contribution is -0.122. The Morgan fingerprint density at radius 1 is 1.19 bits per heavy atom. The van der Waals surface area contributed by atoms with Gasteiger partial charge in [0.15, 0.2) is 0 Å². The second kappa shape index (κ2) is 10.7. The Balaban J connectivity index is 2.06. The predicted octanol–water partition coefficient (Wildman–Crippen LogP) is 3.44. The molecule has 1 heterocycles. The molecule has 2 aromatic rings. The first-order chi connectivity index (χ1) is 14.9. The highest BCUT2D eigenvalue weighted by molar-refractivity contribution is 5.93. The van der Waals surface area contributed by atoms with Crippen LogP contribution in [0, 0.1) is 18.2 Å². The quantitative estimate of drug-likeness (QED) is 0.623. The SMILES string of the molecule is Cc1cncc([C@H](CC(=O)NC[C@H](Cc2ccc(C(N)=O)c(F)c2)N(C)C)C(C)(C)C)c1. The molecule has 0 bridgehead atoms. The number of pyridine rings is 1. The Kier molecular flexibility index (Phi) is 8.50. The molecule has 0 saturated carbocycles. The van der Waals surface area contributed by atoms with Crippen LogP contribution < -0.4 is 11.1 Å². The van der Waals surface area contributed by atoms with Gasteiger partial charge in [-0.1, -0.05) is 32.9 Å². The summed E-state index contributed by atoms with van der Waals surface area (Å²) in [6, 6.07) is 6.48. The Hall–Kier alpha value is -2.80. The third kappa shape index (κ3) is 7.12. The maximum atomic E-state index is 14.1. The fourth-order valence-corrected chi connectivity index (χ4v) is 3.78. The van der Waals surface area contributed by atoms with Gasteiger partial charge < -0.3 is 16.0 Å². The number of hydrogen-bond donors (Lipinski definition) is 2. The Morgan fingerprint density at radius 3 is 2.41 bits per heavy atom. The molecule has 174 valence electrons. The van der Waals surface area contributed by atoms with E-state index in [0.717, 1.165) is 16.7 Å². The lowest BCUT2D eigenvalue weighted by atomic mass is 9.74. The smallest absolute Gasteiger partial charge is 0.251 e. The van der Waals surface area contributed by atoms with Crippen molar-refractivity contribution < 1.29 is 14.0 Å². The fraction of sp³-hybridized carbons (Fsp3) is 0.480. The third-order valence-corrected chi connectivity index (χ3v) is 5.77. The van der Waals surface area contributed by atoms with E-state index in [0.29, 0.717) is 19.4 Å². The number of carbonyl (C=O) groups excluding carboxylic acids is 2. The van der Waals surface area contributed by atoms with E-state index < -0.39 is 11.7 Å². The number of benzene rings is 1. The summed E-state index contributed by atoms with van der Waals surface area (Å²) in [5.41, 5.74) is 7.81. The van der Waals surface area contributed by atoms with E-state index in [4.69, 9.17) is 5.73 Å². The van der Waals surface area contributed by atoms with Crippen molar-refractivity contribution in [2.24, 2.45) is 11.1 Å². The van der Waals surface area contributed by atoms with E-state index in [2.05, 4.69) is 37.1 Å². The van der Waals surface area contributed by atoms with E-state index in [1.165, 1.54) is 12.1 Å². The van der Waals surface area contributed by atoms with Crippen molar-refractivity contribution >= 4 is 11.8 Å². The molecule has 7 heteroatoms. The summed E-state index contributed by atoms with van der Waals surface area (Å²) in [6.45, 7) is 8.80. The number of nitrogens with two attached hydrogens (primary N) is 1. The van der Waals surface area contributed by atoms with Crippen molar-refractivity contribution in [2.75, 3.05) is 20.6 Å². The van der Waals surface area contributed by atoms with Gasteiger partial charge in [0.2, 0.25) is 5.91 Å². The van der Waals surface area contributed by atoms with Gasteiger partial charge in [-0.25, -0.2) is 4.39 Å². The Labute approximate surface area is 190 Å². The van der Waals surface area contributed by atoms with Gasteiger partial charge in [-0.3, -0.25) is 14.6 Å². The van der Waals surface area contributed by atoms with Crippen LogP contribution in [0.15, 0.2) is 36.7 Å². The first kappa shape index (κ1) is 25.5. The van der Waals surface area contributed by atoms with E-state index in [-0.39, 0.29) is 28.8 Å². The zero-order valence-electron chi connectivity index (χ0n) is 19.9. The number of aromatic nitrogens is 1. The van der Waals surface area contributed by atoms with E-state index in [1.54, 1.807) is 6.07 Å². The lowest BCUT2D eigenvalue weighted by Gasteiger charge is -2.31. The van der Waals surface area contributed by atoms with Gasteiger partial charge in [-0.15, -0.1) is 0 Å². The van der Waals surface area contributed by atoms with Crippen molar-refractivity contribution in [3.8, 4) is 0 Å². The van der Waals surface area contributed by atoms with Crippen LogP contribution in [0.25, 0.3) is 0 Å². The maximum absolute atomic E-state index is 14.1. The number of primary amides is 1. The molecule has 0 unspecified atom stereocenters. The molecule has 0 radical (unpaired) electrons. The summed E-state index contributed by atoms with van der Waals surface area (Å²) in [5.74, 6) is -1.42. The number of likely N-dealkylation sites (N-methyl/N-ethyl adjacent to an activating group) is 1. The molecule has 0 aliphatic heterocycles. The summed E-state index contributed by atoms with van der Waals surface area (Å²) in [6.07, 6.45) is 4.53. The molecule has 0 aliphatic rings. The van der Waals surface area contributed by atoms with Crippen LogP contribution in [-0.2, 0) is 11.2 Å². The molecule has 2 rings (SSSR count). The van der Waals surface area contributed by atoms with Crippen molar-refractivity contribution in [1.29, 1.82) is 0 Å². The van der Waals surface area contributed by atoms with Crippen molar-refractivity contribution in [1.82, 2.24) is 15.2 Å². The molecule has 1 aromatic heterocycles. The summed E-state index contributed by atoms with van der Waals surface area (Å²) < 4.78 is 14.1. The molecular formula is C25H35FN4O2. The molecule has 2 amide bonds. The van der Waals surface area contributed by atoms with Gasteiger partial charge in [0.1, 0.15) is 5.82 Å². The first-order valence-corrected chi connectivity index (χ1v) is 10.8. The predicted molar refractivity (Wildman–Crippen MR) is 125 cm³/mol. The van der Waals surface area contributed by atoms with Gasteiger partial charge in [0.05, 0.1) is 5.56 Å². The van der Waals surface area contributed by atoms with Crippen LogP contribution in [-0.4, -0.2) is 48.4 Å². The number of hydrogen-bond acceptors (Lipinski definition) is 4.